The van der Waals surface area contributed by atoms with Crippen molar-refractivity contribution in [2.45, 2.75) is 18.6 Å². The van der Waals surface area contributed by atoms with Crippen LogP contribution in [0, 0.1) is 0 Å². The summed E-state index contributed by atoms with van der Waals surface area (Å²) in [5, 5.41) is 6.82. The van der Waals surface area contributed by atoms with E-state index in [9.17, 15) is 9.59 Å². The molecule has 0 aliphatic rings. The zero-order chi connectivity index (χ0) is 13.1. The first-order valence-corrected chi connectivity index (χ1v) is 6.54. The molecule has 1 N–H and O–H groups in total. The van der Waals surface area contributed by atoms with Crippen LogP contribution in [0.4, 0.5) is 0 Å². The van der Waals surface area contributed by atoms with Gasteiger partial charge in [0.15, 0.2) is 10.9 Å². The molecule has 0 saturated carbocycles. The summed E-state index contributed by atoms with van der Waals surface area (Å²) in [6, 6.07) is 3.61. The van der Waals surface area contributed by atoms with Crippen molar-refractivity contribution in [1.82, 2.24) is 19.3 Å². The van der Waals surface area contributed by atoms with Gasteiger partial charge in [0.2, 0.25) is 0 Å². The highest BCUT2D eigenvalue weighted by atomic mass is 32.2. The summed E-state index contributed by atoms with van der Waals surface area (Å²) in [4.78, 5) is 23.3. The lowest BCUT2D eigenvalue weighted by Gasteiger charge is -2.03. The fourth-order valence-corrected chi connectivity index (χ4v) is 2.53. The highest BCUT2D eigenvalue weighted by molar-refractivity contribution is 7.99. The van der Waals surface area contributed by atoms with Gasteiger partial charge in [0.25, 0.3) is 0 Å². The fourth-order valence-electron chi connectivity index (χ4n) is 1.65. The molecule has 0 saturated heterocycles. The van der Waals surface area contributed by atoms with Gasteiger partial charge in [-0.3, -0.25) is 9.36 Å². The molecule has 0 aromatic carbocycles. The number of carbonyl (C=O) groups excluding carboxylic acids is 1. The van der Waals surface area contributed by atoms with Crippen LogP contribution in [0.3, 0.4) is 0 Å². The molecule has 18 heavy (non-hydrogen) atoms. The highest BCUT2D eigenvalue weighted by Gasteiger charge is 2.13. The minimum Gasteiger partial charge on any atom is -0.348 e. The van der Waals surface area contributed by atoms with Gasteiger partial charge in [-0.1, -0.05) is 11.8 Å². The molecule has 0 atom stereocenters. The van der Waals surface area contributed by atoms with Crippen LogP contribution >= 0.6 is 11.8 Å². The number of rotatable bonds is 5. The van der Waals surface area contributed by atoms with Crippen molar-refractivity contribution in [1.29, 1.82) is 0 Å². The number of aryl methyl sites for hydroxylation is 1. The van der Waals surface area contributed by atoms with Crippen LogP contribution in [0.1, 0.15) is 17.4 Å². The summed E-state index contributed by atoms with van der Waals surface area (Å²) in [7, 11) is 1.83. The molecule has 6 nitrogen and oxygen atoms in total. The Balaban J connectivity index is 2.06. The monoisotopic (exact) mass is 266 g/mol. The molecular weight excluding hydrogens is 252 g/mol. The molecule has 2 aromatic heterocycles. The minimum absolute atomic E-state index is 0.0191. The maximum atomic E-state index is 11.9. The lowest BCUT2D eigenvalue weighted by atomic mass is 10.3. The van der Waals surface area contributed by atoms with Crippen LogP contribution in [0.25, 0.3) is 0 Å². The number of aromatic nitrogens is 4. The third-order valence-corrected chi connectivity index (χ3v) is 3.58. The predicted octanol–water partition coefficient (Wildman–Crippen LogP) is 0.905. The maximum absolute atomic E-state index is 11.9. The van der Waals surface area contributed by atoms with Gasteiger partial charge in [-0.25, -0.2) is 9.89 Å². The van der Waals surface area contributed by atoms with E-state index in [1.165, 1.54) is 16.3 Å². The van der Waals surface area contributed by atoms with E-state index >= 15 is 0 Å². The number of aromatic amines is 1. The van der Waals surface area contributed by atoms with Crippen molar-refractivity contribution in [3.8, 4) is 0 Å². The van der Waals surface area contributed by atoms with E-state index in [1.807, 2.05) is 26.2 Å². The Kier molecular flexibility index (Phi) is 3.71. The van der Waals surface area contributed by atoms with E-state index in [1.54, 1.807) is 10.6 Å². The van der Waals surface area contributed by atoms with E-state index in [4.69, 9.17) is 0 Å². The molecule has 2 aromatic rings. The Morgan fingerprint density at radius 1 is 1.56 bits per heavy atom. The van der Waals surface area contributed by atoms with E-state index in [0.717, 1.165) is 0 Å². The quantitative estimate of drug-likeness (QED) is 0.645. The van der Waals surface area contributed by atoms with Gasteiger partial charge in [0, 0.05) is 19.8 Å². The van der Waals surface area contributed by atoms with Crippen LogP contribution in [0.5, 0.6) is 0 Å². The second kappa shape index (κ2) is 5.26. The molecule has 0 spiro atoms. The Bertz CT molecular complexity index is 611. The van der Waals surface area contributed by atoms with Crippen molar-refractivity contribution < 1.29 is 4.79 Å². The number of thioether (sulfide) groups is 1. The Hall–Kier alpha value is -1.76. The highest BCUT2D eigenvalue weighted by Crippen LogP contribution is 2.15. The van der Waals surface area contributed by atoms with Crippen LogP contribution in [0.2, 0.25) is 0 Å². The van der Waals surface area contributed by atoms with Crippen molar-refractivity contribution >= 4 is 17.5 Å². The van der Waals surface area contributed by atoms with E-state index in [0.29, 0.717) is 17.4 Å². The summed E-state index contributed by atoms with van der Waals surface area (Å²) in [5.74, 6) is 0.285. The molecule has 0 aliphatic heterocycles. The van der Waals surface area contributed by atoms with Crippen LogP contribution in [0.15, 0.2) is 28.3 Å². The lowest BCUT2D eigenvalue weighted by Crippen LogP contribution is -2.16. The molecule has 0 amide bonds. The molecule has 0 aliphatic carbocycles. The number of H-pyrrole nitrogens is 1. The molecule has 0 unspecified atom stereocenters. The zero-order valence-electron chi connectivity index (χ0n) is 10.2. The summed E-state index contributed by atoms with van der Waals surface area (Å²) in [5.41, 5.74) is 0.412. The van der Waals surface area contributed by atoms with Crippen molar-refractivity contribution in [3.05, 3.63) is 34.5 Å². The molecule has 96 valence electrons. The van der Waals surface area contributed by atoms with E-state index in [-0.39, 0.29) is 17.2 Å². The largest absolute Gasteiger partial charge is 0.348 e. The average molecular weight is 266 g/mol. The number of hydrogen-bond acceptors (Lipinski definition) is 4. The predicted molar refractivity (Wildman–Crippen MR) is 69.0 cm³/mol. The second-order valence-electron chi connectivity index (χ2n) is 3.77. The van der Waals surface area contributed by atoms with E-state index in [2.05, 4.69) is 10.2 Å². The smallest absolute Gasteiger partial charge is 0.343 e. The average Bonchev–Trinajstić information content (AvgIpc) is 2.92. The fraction of sp³-hybridized carbons (Fsp3) is 0.364. The first-order valence-electron chi connectivity index (χ1n) is 5.56. The molecule has 0 fully saturated rings. The molecule has 7 heteroatoms. The van der Waals surface area contributed by atoms with Crippen molar-refractivity contribution in [3.63, 3.8) is 0 Å². The van der Waals surface area contributed by atoms with Gasteiger partial charge >= 0.3 is 5.69 Å². The van der Waals surface area contributed by atoms with Crippen molar-refractivity contribution in [2.24, 2.45) is 7.05 Å². The van der Waals surface area contributed by atoms with Crippen LogP contribution < -0.4 is 5.69 Å². The number of carbonyl (C=O) groups is 1. The van der Waals surface area contributed by atoms with Gasteiger partial charge in [-0.2, -0.15) is 0 Å². The summed E-state index contributed by atoms with van der Waals surface area (Å²) >= 11 is 1.27. The number of ketones is 1. The first-order chi connectivity index (χ1) is 8.63. The van der Waals surface area contributed by atoms with Gasteiger partial charge in [0.1, 0.15) is 0 Å². The summed E-state index contributed by atoms with van der Waals surface area (Å²) in [6.45, 7) is 2.40. The Morgan fingerprint density at radius 3 is 2.94 bits per heavy atom. The first kappa shape index (κ1) is 12.7. The summed E-state index contributed by atoms with van der Waals surface area (Å²) in [6.07, 6.45) is 1.83. The number of Topliss-reactive ketones (excluding diaryl/α,β-unsaturated/α-hetero) is 1. The maximum Gasteiger partial charge on any atom is 0.343 e. The molecule has 0 radical (unpaired) electrons. The normalized spacial score (nSPS) is 10.8. The topological polar surface area (TPSA) is 72.7 Å². The number of hydrogen-bond donors (Lipinski definition) is 1. The lowest BCUT2D eigenvalue weighted by molar-refractivity contribution is 0.101. The number of nitrogens with zero attached hydrogens (tertiary/aromatic N) is 3. The zero-order valence-corrected chi connectivity index (χ0v) is 11.0. The third-order valence-electron chi connectivity index (χ3n) is 2.60. The molecule has 2 heterocycles. The Morgan fingerprint density at radius 2 is 2.33 bits per heavy atom. The van der Waals surface area contributed by atoms with Gasteiger partial charge in [-0.15, -0.1) is 5.10 Å². The van der Waals surface area contributed by atoms with Crippen LogP contribution in [-0.2, 0) is 13.6 Å². The molecule has 2 rings (SSSR count). The Labute approximate surface area is 108 Å². The second-order valence-corrected chi connectivity index (χ2v) is 4.71. The van der Waals surface area contributed by atoms with Gasteiger partial charge < -0.3 is 4.57 Å². The van der Waals surface area contributed by atoms with Crippen molar-refractivity contribution in [2.75, 3.05) is 5.75 Å². The standard InChI is InChI=1S/C11H14N4O2S/c1-3-15-10(17)12-13-11(15)18-7-9(16)8-5-4-6-14(8)2/h4-6H,3,7H2,1-2H3,(H,12,17). The third kappa shape index (κ3) is 2.40. The minimum atomic E-state index is -0.244. The number of nitrogens with one attached hydrogen (secondary N) is 1. The SMILES string of the molecule is CCn1c(SCC(=O)c2cccn2C)n[nH]c1=O. The molecular formula is C11H14N4O2S. The van der Waals surface area contributed by atoms with E-state index < -0.39 is 0 Å². The van der Waals surface area contributed by atoms with Gasteiger partial charge in [0.05, 0.1) is 11.4 Å². The molecule has 0 bridgehead atoms. The summed E-state index contributed by atoms with van der Waals surface area (Å²) < 4.78 is 3.28. The van der Waals surface area contributed by atoms with Gasteiger partial charge in [-0.05, 0) is 19.1 Å². The van der Waals surface area contributed by atoms with Crippen LogP contribution in [-0.4, -0.2) is 30.9 Å².